The van der Waals surface area contributed by atoms with Crippen molar-refractivity contribution >= 4 is 11.0 Å². The van der Waals surface area contributed by atoms with Crippen LogP contribution < -0.4 is 5.32 Å². The second-order valence-corrected chi connectivity index (χ2v) is 3.77. The fourth-order valence-electron chi connectivity index (χ4n) is 1.63. The normalized spacial score (nSPS) is 13.3. The van der Waals surface area contributed by atoms with Gasteiger partial charge in [0.15, 0.2) is 11.4 Å². The van der Waals surface area contributed by atoms with Gasteiger partial charge in [-0.15, -0.1) is 0 Å². The lowest BCUT2D eigenvalue weighted by molar-refractivity contribution is 0.537. The molecule has 0 spiro atoms. The van der Waals surface area contributed by atoms with E-state index in [2.05, 4.69) is 5.32 Å². The van der Waals surface area contributed by atoms with Crippen molar-refractivity contribution in [3.63, 3.8) is 0 Å². The van der Waals surface area contributed by atoms with E-state index in [0.717, 1.165) is 5.39 Å². The molecule has 0 bridgehead atoms. The molecule has 2 aromatic rings. The molecule has 0 saturated heterocycles. The molecule has 0 unspecified atom stereocenters. The maximum Gasteiger partial charge on any atom is 0.169 e. The lowest BCUT2D eigenvalue weighted by atomic mass is 10.1. The maximum absolute atomic E-state index is 13.9. The molecule has 3 heteroatoms. The molecule has 0 aliphatic heterocycles. The summed E-state index contributed by atoms with van der Waals surface area (Å²) in [5.74, 6) is -0.236. The van der Waals surface area contributed by atoms with Crippen LogP contribution in [-0.4, -0.2) is 13.1 Å². The Labute approximate surface area is 88.1 Å². The van der Waals surface area contributed by atoms with Gasteiger partial charge in [0.05, 0.1) is 6.26 Å². The lowest BCUT2D eigenvalue weighted by Gasteiger charge is -2.10. The molecular formula is C12H14FNO. The Bertz CT molecular complexity index is 464. The number of rotatable bonds is 3. The first-order valence-electron chi connectivity index (χ1n) is 5.04. The Morgan fingerprint density at radius 3 is 2.93 bits per heavy atom. The van der Waals surface area contributed by atoms with Crippen molar-refractivity contribution < 1.29 is 8.81 Å². The minimum atomic E-state index is -0.236. The highest BCUT2D eigenvalue weighted by molar-refractivity contribution is 5.78. The molecule has 1 atom stereocenters. The van der Waals surface area contributed by atoms with Crippen LogP contribution in [0.15, 0.2) is 28.9 Å². The maximum atomic E-state index is 13.9. The van der Waals surface area contributed by atoms with Crippen molar-refractivity contribution in [2.75, 3.05) is 7.05 Å². The van der Waals surface area contributed by atoms with Gasteiger partial charge in [0, 0.05) is 11.4 Å². The largest absolute Gasteiger partial charge is 0.461 e. The third-order valence-electron chi connectivity index (χ3n) is 2.66. The van der Waals surface area contributed by atoms with Gasteiger partial charge < -0.3 is 9.73 Å². The van der Waals surface area contributed by atoms with Crippen LogP contribution in [0, 0.1) is 5.82 Å². The average Bonchev–Trinajstić information content (AvgIpc) is 2.70. The molecular weight excluding hydrogens is 193 g/mol. The summed E-state index contributed by atoms with van der Waals surface area (Å²) in [7, 11) is 1.87. The Morgan fingerprint density at radius 2 is 2.20 bits per heavy atom. The summed E-state index contributed by atoms with van der Waals surface area (Å²) in [4.78, 5) is 0. The van der Waals surface area contributed by atoms with E-state index in [1.807, 2.05) is 26.1 Å². The van der Waals surface area contributed by atoms with Gasteiger partial charge in [0.1, 0.15) is 0 Å². The molecule has 0 aliphatic carbocycles. The number of likely N-dealkylation sites (N-methyl/N-ethyl adjacent to an activating group) is 1. The zero-order chi connectivity index (χ0) is 10.8. The summed E-state index contributed by atoms with van der Waals surface area (Å²) >= 11 is 0. The Kier molecular flexibility index (Phi) is 2.73. The monoisotopic (exact) mass is 207 g/mol. The lowest BCUT2D eigenvalue weighted by Crippen LogP contribution is -2.23. The van der Waals surface area contributed by atoms with Crippen LogP contribution in [-0.2, 0) is 6.42 Å². The number of furan rings is 1. The Hall–Kier alpha value is -1.35. The molecule has 1 aromatic carbocycles. The quantitative estimate of drug-likeness (QED) is 0.837. The fourth-order valence-corrected chi connectivity index (χ4v) is 1.63. The first kappa shape index (κ1) is 10.2. The van der Waals surface area contributed by atoms with Crippen molar-refractivity contribution in [1.29, 1.82) is 0 Å². The van der Waals surface area contributed by atoms with Crippen LogP contribution in [0.1, 0.15) is 12.5 Å². The topological polar surface area (TPSA) is 25.2 Å². The smallest absolute Gasteiger partial charge is 0.169 e. The highest BCUT2D eigenvalue weighted by Gasteiger charge is 2.11. The third kappa shape index (κ3) is 1.88. The molecule has 1 N–H and O–H groups in total. The van der Waals surface area contributed by atoms with Gasteiger partial charge in [-0.25, -0.2) is 4.39 Å². The highest BCUT2D eigenvalue weighted by atomic mass is 19.1. The van der Waals surface area contributed by atoms with E-state index in [9.17, 15) is 4.39 Å². The van der Waals surface area contributed by atoms with Crippen LogP contribution in [0.4, 0.5) is 4.39 Å². The minimum Gasteiger partial charge on any atom is -0.461 e. The summed E-state index contributed by atoms with van der Waals surface area (Å²) in [6, 6.07) is 5.73. The first-order chi connectivity index (χ1) is 7.22. The predicted molar refractivity (Wildman–Crippen MR) is 58.4 cm³/mol. The third-order valence-corrected chi connectivity index (χ3v) is 2.66. The van der Waals surface area contributed by atoms with E-state index >= 15 is 0 Å². The highest BCUT2D eigenvalue weighted by Crippen LogP contribution is 2.22. The van der Waals surface area contributed by atoms with E-state index in [1.165, 1.54) is 6.26 Å². The summed E-state index contributed by atoms with van der Waals surface area (Å²) in [5, 5.41) is 3.90. The minimum absolute atomic E-state index is 0.236. The molecule has 0 amide bonds. The Morgan fingerprint density at radius 1 is 1.40 bits per heavy atom. The molecule has 2 rings (SSSR count). The van der Waals surface area contributed by atoms with E-state index in [-0.39, 0.29) is 11.9 Å². The summed E-state index contributed by atoms with van der Waals surface area (Å²) in [6.07, 6.45) is 2.18. The van der Waals surface area contributed by atoms with Gasteiger partial charge in [0.25, 0.3) is 0 Å². The molecule has 1 aromatic heterocycles. The van der Waals surface area contributed by atoms with Crippen molar-refractivity contribution in [3.05, 3.63) is 35.8 Å². The molecule has 1 heterocycles. The molecule has 0 aliphatic rings. The van der Waals surface area contributed by atoms with Gasteiger partial charge in [0.2, 0.25) is 0 Å². The average molecular weight is 207 g/mol. The molecule has 80 valence electrons. The number of halogens is 1. The molecule has 0 saturated carbocycles. The van der Waals surface area contributed by atoms with Gasteiger partial charge >= 0.3 is 0 Å². The van der Waals surface area contributed by atoms with E-state index < -0.39 is 0 Å². The first-order valence-corrected chi connectivity index (χ1v) is 5.04. The molecule has 15 heavy (non-hydrogen) atoms. The number of hydrogen-bond acceptors (Lipinski definition) is 2. The summed E-state index contributed by atoms with van der Waals surface area (Å²) in [6.45, 7) is 2.02. The van der Waals surface area contributed by atoms with E-state index in [4.69, 9.17) is 4.42 Å². The van der Waals surface area contributed by atoms with Gasteiger partial charge in [-0.3, -0.25) is 0 Å². The summed E-state index contributed by atoms with van der Waals surface area (Å²) < 4.78 is 19.0. The number of nitrogens with one attached hydrogen (secondary N) is 1. The van der Waals surface area contributed by atoms with Crippen molar-refractivity contribution in [2.45, 2.75) is 19.4 Å². The van der Waals surface area contributed by atoms with Gasteiger partial charge in [-0.1, -0.05) is 12.1 Å². The number of benzene rings is 1. The molecule has 0 fully saturated rings. The molecule has 0 radical (unpaired) electrons. The van der Waals surface area contributed by atoms with Crippen LogP contribution in [0.25, 0.3) is 11.0 Å². The fraction of sp³-hybridized carbons (Fsp3) is 0.333. The second-order valence-electron chi connectivity index (χ2n) is 3.77. The van der Waals surface area contributed by atoms with E-state index in [1.54, 1.807) is 6.07 Å². The van der Waals surface area contributed by atoms with Crippen LogP contribution in [0.5, 0.6) is 0 Å². The van der Waals surface area contributed by atoms with Crippen molar-refractivity contribution in [2.24, 2.45) is 0 Å². The van der Waals surface area contributed by atoms with Crippen molar-refractivity contribution in [1.82, 2.24) is 5.32 Å². The molecule has 2 nitrogen and oxygen atoms in total. The predicted octanol–water partition coefficient (Wildman–Crippen LogP) is 2.72. The van der Waals surface area contributed by atoms with Crippen molar-refractivity contribution in [3.8, 4) is 0 Å². The zero-order valence-electron chi connectivity index (χ0n) is 8.88. The van der Waals surface area contributed by atoms with Crippen LogP contribution in [0.2, 0.25) is 0 Å². The van der Waals surface area contributed by atoms with Crippen LogP contribution in [0.3, 0.4) is 0 Å². The standard InChI is InChI=1S/C12H14FNO/c1-8(14-2)7-10-4-3-9-5-6-15-12(9)11(10)13/h3-6,8,14H,7H2,1-2H3/t8-/m0/s1. The summed E-state index contributed by atoms with van der Waals surface area (Å²) in [5.41, 5.74) is 1.05. The number of hydrogen-bond donors (Lipinski definition) is 1. The van der Waals surface area contributed by atoms with Gasteiger partial charge in [-0.05, 0) is 32.0 Å². The van der Waals surface area contributed by atoms with E-state index in [0.29, 0.717) is 17.6 Å². The Balaban J connectivity index is 2.39. The zero-order valence-corrected chi connectivity index (χ0v) is 8.88. The SMILES string of the molecule is CN[C@@H](C)Cc1ccc2ccoc2c1F. The van der Waals surface area contributed by atoms with Crippen LogP contribution >= 0.6 is 0 Å². The number of fused-ring (bicyclic) bond motifs is 1. The van der Waals surface area contributed by atoms with Gasteiger partial charge in [-0.2, -0.15) is 0 Å². The second kappa shape index (κ2) is 4.03.